The van der Waals surface area contributed by atoms with E-state index in [-0.39, 0.29) is 24.6 Å². The summed E-state index contributed by atoms with van der Waals surface area (Å²) in [6.07, 6.45) is 0.0865. The van der Waals surface area contributed by atoms with Gasteiger partial charge in [-0.3, -0.25) is 4.79 Å². The monoisotopic (exact) mass is 167 g/mol. The first-order valence-corrected chi connectivity index (χ1v) is 3.69. The van der Waals surface area contributed by atoms with Crippen molar-refractivity contribution in [3.8, 4) is 0 Å². The van der Waals surface area contributed by atoms with Crippen molar-refractivity contribution < 1.29 is 9.18 Å². The summed E-state index contributed by atoms with van der Waals surface area (Å²) in [6, 6.07) is 6.20. The van der Waals surface area contributed by atoms with Gasteiger partial charge in [0.05, 0.1) is 6.54 Å². The minimum absolute atomic E-state index is 0.0334. The van der Waals surface area contributed by atoms with Crippen LogP contribution in [0.2, 0.25) is 0 Å². The van der Waals surface area contributed by atoms with Gasteiger partial charge >= 0.3 is 0 Å². The second-order valence-corrected chi connectivity index (χ2v) is 2.51. The Morgan fingerprint density at radius 3 is 2.67 bits per heavy atom. The van der Waals surface area contributed by atoms with Gasteiger partial charge in [0, 0.05) is 6.42 Å². The SMILES string of the molecule is NCC(=O)Cc1ccccc1F. The van der Waals surface area contributed by atoms with Crippen LogP contribution in [-0.4, -0.2) is 12.3 Å². The first kappa shape index (κ1) is 8.87. The first-order chi connectivity index (χ1) is 5.74. The summed E-state index contributed by atoms with van der Waals surface area (Å²) < 4.78 is 12.9. The van der Waals surface area contributed by atoms with Crippen molar-refractivity contribution in [1.29, 1.82) is 0 Å². The van der Waals surface area contributed by atoms with E-state index in [4.69, 9.17) is 5.73 Å². The van der Waals surface area contributed by atoms with Gasteiger partial charge in [0.15, 0.2) is 5.78 Å². The Bertz CT molecular complexity index is 286. The fourth-order valence-electron chi connectivity index (χ4n) is 0.926. The molecule has 0 amide bonds. The Labute approximate surface area is 70.2 Å². The molecule has 0 spiro atoms. The summed E-state index contributed by atoms with van der Waals surface area (Å²) in [6.45, 7) is -0.0334. The highest BCUT2D eigenvalue weighted by molar-refractivity contribution is 5.82. The normalized spacial score (nSPS) is 9.83. The minimum atomic E-state index is -0.348. The van der Waals surface area contributed by atoms with Crippen LogP contribution >= 0.6 is 0 Å². The number of carbonyl (C=O) groups excluding carboxylic acids is 1. The number of benzene rings is 1. The molecule has 3 heteroatoms. The quantitative estimate of drug-likeness (QED) is 0.726. The van der Waals surface area contributed by atoms with E-state index in [0.717, 1.165) is 0 Å². The van der Waals surface area contributed by atoms with Gasteiger partial charge in [-0.1, -0.05) is 18.2 Å². The zero-order chi connectivity index (χ0) is 8.97. The molecule has 0 atom stereocenters. The summed E-state index contributed by atoms with van der Waals surface area (Å²) in [5.74, 6) is -0.501. The predicted molar refractivity (Wildman–Crippen MR) is 44.2 cm³/mol. The van der Waals surface area contributed by atoms with E-state index in [2.05, 4.69) is 0 Å². The standard InChI is InChI=1S/C9H10FNO/c10-9-4-2-1-3-7(9)5-8(12)6-11/h1-4H,5-6,11H2. The lowest BCUT2D eigenvalue weighted by molar-refractivity contribution is -0.117. The number of Topliss-reactive ketones (excluding diaryl/α,β-unsaturated/α-hetero) is 1. The first-order valence-electron chi connectivity index (χ1n) is 3.69. The van der Waals surface area contributed by atoms with Crippen molar-refractivity contribution in [2.75, 3.05) is 6.54 Å². The molecule has 0 fully saturated rings. The Morgan fingerprint density at radius 1 is 1.42 bits per heavy atom. The minimum Gasteiger partial charge on any atom is -0.324 e. The molecular weight excluding hydrogens is 157 g/mol. The smallest absolute Gasteiger partial charge is 0.150 e. The van der Waals surface area contributed by atoms with Crippen LogP contribution in [0.15, 0.2) is 24.3 Å². The highest BCUT2D eigenvalue weighted by Gasteiger charge is 2.04. The van der Waals surface area contributed by atoms with Crippen LogP contribution in [0.3, 0.4) is 0 Å². The van der Waals surface area contributed by atoms with Crippen molar-refractivity contribution in [2.24, 2.45) is 5.73 Å². The number of rotatable bonds is 3. The lowest BCUT2D eigenvalue weighted by Crippen LogP contribution is -2.16. The summed E-state index contributed by atoms with van der Waals surface area (Å²) >= 11 is 0. The molecule has 0 aliphatic heterocycles. The zero-order valence-electron chi connectivity index (χ0n) is 6.59. The van der Waals surface area contributed by atoms with Gasteiger partial charge in [-0.05, 0) is 11.6 Å². The second-order valence-electron chi connectivity index (χ2n) is 2.51. The van der Waals surface area contributed by atoms with Crippen molar-refractivity contribution in [3.05, 3.63) is 35.6 Å². The Kier molecular flexibility index (Phi) is 2.94. The molecule has 2 N–H and O–H groups in total. The topological polar surface area (TPSA) is 43.1 Å². The van der Waals surface area contributed by atoms with E-state index in [1.54, 1.807) is 18.2 Å². The summed E-state index contributed by atoms with van der Waals surface area (Å²) in [7, 11) is 0. The molecule has 0 aromatic heterocycles. The fourth-order valence-corrected chi connectivity index (χ4v) is 0.926. The third-order valence-corrected chi connectivity index (χ3v) is 1.57. The number of nitrogens with two attached hydrogens (primary N) is 1. The molecule has 0 saturated heterocycles. The Morgan fingerprint density at radius 2 is 2.08 bits per heavy atom. The molecule has 64 valence electrons. The molecule has 0 saturated carbocycles. The van der Waals surface area contributed by atoms with Gasteiger partial charge in [-0.2, -0.15) is 0 Å². The van der Waals surface area contributed by atoms with Crippen LogP contribution in [-0.2, 0) is 11.2 Å². The second kappa shape index (κ2) is 3.97. The van der Waals surface area contributed by atoms with Crippen molar-refractivity contribution in [1.82, 2.24) is 0 Å². The molecule has 0 unspecified atom stereocenters. The van der Waals surface area contributed by atoms with Gasteiger partial charge in [-0.25, -0.2) is 4.39 Å². The van der Waals surface area contributed by atoms with E-state index in [1.165, 1.54) is 6.07 Å². The average Bonchev–Trinajstić information content (AvgIpc) is 2.09. The molecule has 1 aromatic rings. The highest BCUT2D eigenvalue weighted by atomic mass is 19.1. The Balaban J connectivity index is 2.75. The molecule has 0 aliphatic rings. The molecule has 1 rings (SSSR count). The van der Waals surface area contributed by atoms with Crippen LogP contribution in [0.4, 0.5) is 4.39 Å². The fraction of sp³-hybridized carbons (Fsp3) is 0.222. The van der Waals surface area contributed by atoms with Crippen LogP contribution in [0.1, 0.15) is 5.56 Å². The molecular formula is C9H10FNO. The largest absolute Gasteiger partial charge is 0.324 e. The molecule has 1 aromatic carbocycles. The van der Waals surface area contributed by atoms with Gasteiger partial charge < -0.3 is 5.73 Å². The summed E-state index contributed by atoms with van der Waals surface area (Å²) in [4.78, 5) is 10.8. The molecule has 12 heavy (non-hydrogen) atoms. The number of hydrogen-bond acceptors (Lipinski definition) is 2. The molecule has 0 aliphatic carbocycles. The molecule has 2 nitrogen and oxygen atoms in total. The molecule has 0 bridgehead atoms. The van der Waals surface area contributed by atoms with Crippen LogP contribution in [0.5, 0.6) is 0 Å². The van der Waals surface area contributed by atoms with Gasteiger partial charge in [0.25, 0.3) is 0 Å². The maximum absolute atomic E-state index is 12.9. The predicted octanol–water partition coefficient (Wildman–Crippen LogP) is 0.896. The number of ketones is 1. The number of carbonyl (C=O) groups is 1. The zero-order valence-corrected chi connectivity index (χ0v) is 6.59. The van der Waals surface area contributed by atoms with Gasteiger partial charge in [-0.15, -0.1) is 0 Å². The summed E-state index contributed by atoms with van der Waals surface area (Å²) in [5, 5.41) is 0. The van der Waals surface area contributed by atoms with E-state index >= 15 is 0 Å². The lowest BCUT2D eigenvalue weighted by atomic mass is 10.1. The Hall–Kier alpha value is -1.22. The maximum Gasteiger partial charge on any atom is 0.150 e. The van der Waals surface area contributed by atoms with Gasteiger partial charge in [0.1, 0.15) is 5.82 Å². The van der Waals surface area contributed by atoms with E-state index in [1.807, 2.05) is 0 Å². The van der Waals surface area contributed by atoms with Crippen molar-refractivity contribution >= 4 is 5.78 Å². The third kappa shape index (κ3) is 2.13. The van der Waals surface area contributed by atoms with Crippen LogP contribution in [0, 0.1) is 5.82 Å². The average molecular weight is 167 g/mol. The van der Waals surface area contributed by atoms with Crippen molar-refractivity contribution in [3.63, 3.8) is 0 Å². The van der Waals surface area contributed by atoms with E-state index < -0.39 is 0 Å². The molecule has 0 heterocycles. The lowest BCUT2D eigenvalue weighted by Gasteiger charge is -1.99. The summed E-state index contributed by atoms with van der Waals surface area (Å²) in [5.41, 5.74) is 5.51. The van der Waals surface area contributed by atoms with Gasteiger partial charge in [0.2, 0.25) is 0 Å². The third-order valence-electron chi connectivity index (χ3n) is 1.57. The number of hydrogen-bond donors (Lipinski definition) is 1. The van der Waals surface area contributed by atoms with Crippen LogP contribution < -0.4 is 5.73 Å². The van der Waals surface area contributed by atoms with Crippen molar-refractivity contribution in [2.45, 2.75) is 6.42 Å². The molecule has 0 radical (unpaired) electrons. The highest BCUT2D eigenvalue weighted by Crippen LogP contribution is 2.06. The number of halogens is 1. The van der Waals surface area contributed by atoms with E-state index in [9.17, 15) is 9.18 Å². The maximum atomic E-state index is 12.9. The van der Waals surface area contributed by atoms with E-state index in [0.29, 0.717) is 5.56 Å². The van der Waals surface area contributed by atoms with Crippen LogP contribution in [0.25, 0.3) is 0 Å².